The average molecular weight is 418 g/mol. The van der Waals surface area contributed by atoms with Crippen LogP contribution in [-0.2, 0) is 20.9 Å². The maximum absolute atomic E-state index is 12.2. The van der Waals surface area contributed by atoms with Crippen LogP contribution in [0.25, 0.3) is 17.3 Å². The van der Waals surface area contributed by atoms with Crippen molar-refractivity contribution in [2.75, 3.05) is 14.1 Å². The van der Waals surface area contributed by atoms with Crippen molar-refractivity contribution in [2.45, 2.75) is 26.5 Å². The molecule has 1 atom stereocenters. The quantitative estimate of drug-likeness (QED) is 0.431. The molecule has 0 aliphatic heterocycles. The average Bonchev–Trinajstić information content (AvgIpc) is 3.16. The van der Waals surface area contributed by atoms with Crippen LogP contribution >= 0.6 is 0 Å². The number of ether oxygens (including phenoxy) is 1. The number of likely N-dealkylation sites (N-methyl/N-ethyl adjacent to an activating group) is 1. The maximum Gasteiger partial charge on any atom is 0.331 e. The van der Waals surface area contributed by atoms with Crippen LogP contribution in [0.2, 0.25) is 0 Å². The van der Waals surface area contributed by atoms with Gasteiger partial charge in [0.25, 0.3) is 5.91 Å². The molecule has 1 amide bonds. The lowest BCUT2D eigenvalue weighted by Gasteiger charge is -2.16. The number of aromatic nitrogens is 2. The standard InChI is InChI=1S/C25H27N3O3/c1-18-10-12-20(13-11-18)16-28-17-22(24(26-28)21-8-6-5-7-9-21)14-15-23(29)31-19(2)25(30)27(3)4/h5-15,17,19H,16H2,1-4H3/b15-14+/t19-/m0/s1. The van der Waals surface area contributed by atoms with Crippen LogP contribution < -0.4 is 0 Å². The van der Waals surface area contributed by atoms with Crippen molar-refractivity contribution in [1.82, 2.24) is 14.7 Å². The minimum atomic E-state index is -0.843. The van der Waals surface area contributed by atoms with Crippen molar-refractivity contribution >= 4 is 18.0 Å². The summed E-state index contributed by atoms with van der Waals surface area (Å²) in [5.74, 6) is -0.842. The Morgan fingerprint density at radius 2 is 1.77 bits per heavy atom. The summed E-state index contributed by atoms with van der Waals surface area (Å²) in [6.07, 6.45) is 4.07. The van der Waals surface area contributed by atoms with Gasteiger partial charge in [-0.05, 0) is 25.5 Å². The van der Waals surface area contributed by atoms with Crippen molar-refractivity contribution in [1.29, 1.82) is 0 Å². The SMILES string of the molecule is Cc1ccc(Cn2cc(/C=C/C(=O)O[C@@H](C)C(=O)N(C)C)c(-c3ccccc3)n2)cc1. The van der Waals surface area contributed by atoms with Gasteiger partial charge in [0, 0.05) is 37.5 Å². The van der Waals surface area contributed by atoms with Gasteiger partial charge in [0.2, 0.25) is 0 Å². The van der Waals surface area contributed by atoms with Crippen LogP contribution in [0.5, 0.6) is 0 Å². The third kappa shape index (κ3) is 5.92. The third-order valence-corrected chi connectivity index (χ3v) is 4.78. The van der Waals surface area contributed by atoms with E-state index in [9.17, 15) is 9.59 Å². The van der Waals surface area contributed by atoms with E-state index in [0.717, 1.165) is 22.4 Å². The fraction of sp³-hybridized carbons (Fsp3) is 0.240. The molecule has 0 aliphatic carbocycles. The van der Waals surface area contributed by atoms with Gasteiger partial charge in [-0.2, -0.15) is 5.10 Å². The van der Waals surface area contributed by atoms with E-state index in [-0.39, 0.29) is 5.91 Å². The fourth-order valence-electron chi connectivity index (χ4n) is 3.13. The van der Waals surface area contributed by atoms with Crippen LogP contribution in [0, 0.1) is 6.92 Å². The summed E-state index contributed by atoms with van der Waals surface area (Å²) in [6.45, 7) is 4.23. The highest BCUT2D eigenvalue weighted by Crippen LogP contribution is 2.23. The number of benzene rings is 2. The van der Waals surface area contributed by atoms with Crippen molar-refractivity contribution in [3.63, 3.8) is 0 Å². The number of esters is 1. The summed E-state index contributed by atoms with van der Waals surface area (Å²) in [4.78, 5) is 25.5. The number of hydrogen-bond donors (Lipinski definition) is 0. The Balaban J connectivity index is 1.83. The number of amides is 1. The lowest BCUT2D eigenvalue weighted by atomic mass is 10.1. The Morgan fingerprint density at radius 3 is 2.42 bits per heavy atom. The lowest BCUT2D eigenvalue weighted by Crippen LogP contribution is -2.34. The second kappa shape index (κ2) is 9.89. The van der Waals surface area contributed by atoms with Crippen LogP contribution in [0.15, 0.2) is 66.9 Å². The fourth-order valence-corrected chi connectivity index (χ4v) is 3.13. The summed E-state index contributed by atoms with van der Waals surface area (Å²) in [7, 11) is 3.24. The molecule has 31 heavy (non-hydrogen) atoms. The molecule has 0 saturated heterocycles. The summed E-state index contributed by atoms with van der Waals surface area (Å²) >= 11 is 0. The van der Waals surface area contributed by atoms with E-state index in [1.807, 2.05) is 41.2 Å². The Morgan fingerprint density at radius 1 is 1.10 bits per heavy atom. The van der Waals surface area contributed by atoms with Gasteiger partial charge < -0.3 is 9.64 Å². The van der Waals surface area contributed by atoms with Gasteiger partial charge in [-0.1, -0.05) is 60.2 Å². The number of carbonyl (C=O) groups is 2. The molecule has 0 spiro atoms. The molecule has 3 rings (SSSR count). The van der Waals surface area contributed by atoms with E-state index in [4.69, 9.17) is 9.84 Å². The Hall–Kier alpha value is -3.67. The zero-order chi connectivity index (χ0) is 22.4. The topological polar surface area (TPSA) is 64.4 Å². The summed E-state index contributed by atoms with van der Waals surface area (Å²) < 4.78 is 7.07. The predicted molar refractivity (Wildman–Crippen MR) is 121 cm³/mol. The molecular weight excluding hydrogens is 390 g/mol. The van der Waals surface area contributed by atoms with Gasteiger partial charge in [-0.3, -0.25) is 9.48 Å². The molecule has 0 unspecified atom stereocenters. The molecule has 0 fully saturated rings. The minimum Gasteiger partial charge on any atom is -0.449 e. The number of hydrogen-bond acceptors (Lipinski definition) is 4. The molecule has 0 aliphatic rings. The number of carbonyl (C=O) groups excluding carboxylic acids is 2. The van der Waals surface area contributed by atoms with E-state index in [0.29, 0.717) is 6.54 Å². The molecule has 0 N–H and O–H groups in total. The first-order chi connectivity index (χ1) is 14.8. The normalized spacial score (nSPS) is 12.0. The van der Waals surface area contributed by atoms with Gasteiger partial charge in [0.15, 0.2) is 6.10 Å². The van der Waals surface area contributed by atoms with E-state index >= 15 is 0 Å². The van der Waals surface area contributed by atoms with Crippen LogP contribution in [0.1, 0.15) is 23.6 Å². The highest BCUT2D eigenvalue weighted by Gasteiger charge is 2.18. The largest absolute Gasteiger partial charge is 0.449 e. The molecule has 6 nitrogen and oxygen atoms in total. The van der Waals surface area contributed by atoms with Crippen LogP contribution in [0.3, 0.4) is 0 Å². The van der Waals surface area contributed by atoms with Gasteiger partial charge in [0.1, 0.15) is 0 Å². The molecule has 2 aromatic carbocycles. The smallest absolute Gasteiger partial charge is 0.331 e. The molecule has 6 heteroatoms. The molecule has 0 saturated carbocycles. The lowest BCUT2D eigenvalue weighted by molar-refractivity contribution is -0.153. The van der Waals surface area contributed by atoms with Gasteiger partial charge in [-0.15, -0.1) is 0 Å². The number of aryl methyl sites for hydroxylation is 1. The maximum atomic E-state index is 12.2. The first kappa shape index (κ1) is 22.0. The molecule has 1 aromatic heterocycles. The molecule has 0 radical (unpaired) electrons. The second-order valence-corrected chi connectivity index (χ2v) is 7.63. The summed E-state index contributed by atoms with van der Waals surface area (Å²) in [5.41, 5.74) is 4.86. The van der Waals surface area contributed by atoms with Crippen molar-refractivity contribution in [3.05, 3.63) is 83.6 Å². The Bertz CT molecular complexity index is 1070. The first-order valence-electron chi connectivity index (χ1n) is 10.1. The second-order valence-electron chi connectivity index (χ2n) is 7.63. The predicted octanol–water partition coefficient (Wildman–Crippen LogP) is 3.94. The van der Waals surface area contributed by atoms with Crippen molar-refractivity contribution < 1.29 is 14.3 Å². The molecule has 3 aromatic rings. The van der Waals surface area contributed by atoms with E-state index in [1.54, 1.807) is 27.1 Å². The van der Waals surface area contributed by atoms with E-state index < -0.39 is 12.1 Å². The monoisotopic (exact) mass is 417 g/mol. The molecule has 160 valence electrons. The molecule has 0 bridgehead atoms. The zero-order valence-electron chi connectivity index (χ0n) is 18.3. The molecular formula is C25H27N3O3. The number of rotatable bonds is 7. The Labute approximate surface area is 182 Å². The van der Waals surface area contributed by atoms with Gasteiger partial charge in [-0.25, -0.2) is 4.79 Å². The number of nitrogens with zero attached hydrogens (tertiary/aromatic N) is 3. The Kier molecular flexibility index (Phi) is 7.03. The van der Waals surface area contributed by atoms with Gasteiger partial charge in [0.05, 0.1) is 12.2 Å². The highest BCUT2D eigenvalue weighted by atomic mass is 16.5. The van der Waals surface area contributed by atoms with Crippen LogP contribution in [-0.4, -0.2) is 46.8 Å². The first-order valence-corrected chi connectivity index (χ1v) is 10.1. The highest BCUT2D eigenvalue weighted by molar-refractivity contribution is 5.91. The van der Waals surface area contributed by atoms with Crippen molar-refractivity contribution in [3.8, 4) is 11.3 Å². The summed E-state index contributed by atoms with van der Waals surface area (Å²) in [5, 5.41) is 4.74. The van der Waals surface area contributed by atoms with Crippen LogP contribution in [0.4, 0.5) is 0 Å². The molecule has 1 heterocycles. The minimum absolute atomic E-state index is 0.266. The van der Waals surface area contributed by atoms with Crippen molar-refractivity contribution in [2.24, 2.45) is 0 Å². The summed E-state index contributed by atoms with van der Waals surface area (Å²) in [6, 6.07) is 18.1. The zero-order valence-corrected chi connectivity index (χ0v) is 18.3. The van der Waals surface area contributed by atoms with E-state index in [1.165, 1.54) is 16.5 Å². The third-order valence-electron chi connectivity index (χ3n) is 4.78. The van der Waals surface area contributed by atoms with Gasteiger partial charge >= 0.3 is 5.97 Å². The van der Waals surface area contributed by atoms with E-state index in [2.05, 4.69) is 31.2 Å².